The number of halogens is 1. The van der Waals surface area contributed by atoms with Gasteiger partial charge in [-0.3, -0.25) is 4.99 Å². The molecule has 0 aliphatic heterocycles. The summed E-state index contributed by atoms with van der Waals surface area (Å²) in [5.74, 6) is 0.858. The van der Waals surface area contributed by atoms with Gasteiger partial charge in [-0.2, -0.15) is 0 Å². The number of hydrogen-bond acceptors (Lipinski definition) is 2. The maximum atomic E-state index is 13.8. The van der Waals surface area contributed by atoms with Gasteiger partial charge in [-0.15, -0.1) is 0 Å². The molecule has 1 aliphatic rings. The summed E-state index contributed by atoms with van der Waals surface area (Å²) in [5.41, 5.74) is 0.490. The monoisotopic (exact) mass is 307 g/mol. The van der Waals surface area contributed by atoms with E-state index in [1.54, 1.807) is 13.2 Å². The first kappa shape index (κ1) is 16.7. The van der Waals surface area contributed by atoms with E-state index >= 15 is 0 Å². The van der Waals surface area contributed by atoms with Crippen LogP contribution in [-0.4, -0.2) is 37.8 Å². The van der Waals surface area contributed by atoms with Gasteiger partial charge < -0.3 is 15.4 Å². The van der Waals surface area contributed by atoms with Crippen molar-refractivity contribution >= 4 is 5.96 Å². The van der Waals surface area contributed by atoms with Gasteiger partial charge in [-0.25, -0.2) is 4.39 Å². The molecule has 0 bridgehead atoms. The summed E-state index contributed by atoms with van der Waals surface area (Å²) < 4.78 is 19.2. The molecule has 22 heavy (non-hydrogen) atoms. The van der Waals surface area contributed by atoms with Crippen LogP contribution in [-0.2, 0) is 4.74 Å². The summed E-state index contributed by atoms with van der Waals surface area (Å²) in [5, 5.41) is 6.61. The third-order valence-corrected chi connectivity index (χ3v) is 3.93. The van der Waals surface area contributed by atoms with E-state index in [0.717, 1.165) is 24.5 Å². The number of hydrogen-bond donors (Lipinski definition) is 2. The van der Waals surface area contributed by atoms with Crippen LogP contribution >= 0.6 is 0 Å². The Hall–Kier alpha value is -1.62. The van der Waals surface area contributed by atoms with Crippen LogP contribution in [0.3, 0.4) is 0 Å². The summed E-state index contributed by atoms with van der Waals surface area (Å²) in [7, 11) is 1.69. The van der Waals surface area contributed by atoms with Gasteiger partial charge in [0.2, 0.25) is 0 Å². The predicted octanol–water partition coefficient (Wildman–Crippen LogP) is 2.66. The molecular formula is C17H26FN3O. The molecule has 1 fully saturated rings. The van der Waals surface area contributed by atoms with Crippen LogP contribution in [0.25, 0.3) is 0 Å². The number of aliphatic imine (C=N–C) groups is 1. The normalized spacial score (nSPS) is 21.6. The van der Waals surface area contributed by atoms with E-state index < -0.39 is 0 Å². The minimum atomic E-state index is -0.295. The van der Waals surface area contributed by atoms with Gasteiger partial charge in [0.1, 0.15) is 5.82 Å². The number of nitrogens with zero attached hydrogens (tertiary/aromatic N) is 1. The van der Waals surface area contributed by atoms with Gasteiger partial charge in [-0.05, 0) is 38.8 Å². The Morgan fingerprint density at radius 1 is 1.41 bits per heavy atom. The molecule has 1 aliphatic carbocycles. The molecule has 2 N–H and O–H groups in total. The summed E-state index contributed by atoms with van der Waals surface area (Å²) in [6.45, 7) is 7.38. The molecule has 0 aromatic heterocycles. The molecule has 2 atom stereocenters. The molecule has 1 aromatic carbocycles. The Balaban J connectivity index is 1.96. The molecule has 0 radical (unpaired) electrons. The fourth-order valence-electron chi connectivity index (χ4n) is 2.30. The second-order valence-electron chi connectivity index (χ2n) is 6.27. The Morgan fingerprint density at radius 3 is 2.77 bits per heavy atom. The molecule has 1 saturated carbocycles. The maximum Gasteiger partial charge on any atom is 0.191 e. The lowest BCUT2D eigenvalue weighted by Crippen LogP contribution is -2.40. The highest BCUT2D eigenvalue weighted by atomic mass is 19.1. The highest BCUT2D eigenvalue weighted by Gasteiger charge is 2.40. The molecule has 2 rings (SSSR count). The first-order chi connectivity index (χ1) is 10.5. The molecule has 2 unspecified atom stereocenters. The van der Waals surface area contributed by atoms with E-state index in [1.165, 1.54) is 6.07 Å². The van der Waals surface area contributed by atoms with Gasteiger partial charge in [0.25, 0.3) is 0 Å². The minimum Gasteiger partial charge on any atom is -0.377 e. The van der Waals surface area contributed by atoms with Gasteiger partial charge in [0, 0.05) is 25.6 Å². The Bertz CT molecular complexity index is 530. The highest BCUT2D eigenvalue weighted by molar-refractivity contribution is 5.80. The van der Waals surface area contributed by atoms with Crippen LogP contribution in [0.5, 0.6) is 0 Å². The van der Waals surface area contributed by atoms with Crippen LogP contribution in [0, 0.1) is 5.82 Å². The van der Waals surface area contributed by atoms with E-state index in [-0.39, 0.29) is 23.4 Å². The van der Waals surface area contributed by atoms with Crippen molar-refractivity contribution in [1.82, 2.24) is 10.6 Å². The third kappa shape index (κ3) is 4.44. The van der Waals surface area contributed by atoms with Crippen molar-refractivity contribution in [3.05, 3.63) is 35.6 Å². The van der Waals surface area contributed by atoms with E-state index in [9.17, 15) is 4.39 Å². The highest BCUT2D eigenvalue weighted by Crippen LogP contribution is 2.41. The number of nitrogens with one attached hydrogen (secondary N) is 2. The quantitative estimate of drug-likeness (QED) is 0.627. The van der Waals surface area contributed by atoms with Gasteiger partial charge in [-0.1, -0.05) is 18.2 Å². The Kier molecular flexibility index (Phi) is 5.40. The number of benzene rings is 1. The maximum absolute atomic E-state index is 13.8. The Labute approximate surface area is 132 Å². The molecular weight excluding hydrogens is 281 g/mol. The van der Waals surface area contributed by atoms with Crippen LogP contribution in [0.2, 0.25) is 0 Å². The van der Waals surface area contributed by atoms with E-state index in [0.29, 0.717) is 6.54 Å². The number of rotatable bonds is 6. The van der Waals surface area contributed by atoms with Gasteiger partial charge >= 0.3 is 0 Å². The van der Waals surface area contributed by atoms with E-state index in [2.05, 4.69) is 15.6 Å². The zero-order chi connectivity index (χ0) is 16.2. The van der Waals surface area contributed by atoms with Crippen LogP contribution in [0.1, 0.15) is 38.7 Å². The first-order valence-corrected chi connectivity index (χ1v) is 7.81. The molecule has 0 heterocycles. The molecule has 1 aromatic rings. The molecule has 4 nitrogen and oxygen atoms in total. The summed E-state index contributed by atoms with van der Waals surface area (Å²) in [6, 6.07) is 7.22. The summed E-state index contributed by atoms with van der Waals surface area (Å²) in [6.07, 6.45) is 0.930. The van der Waals surface area contributed by atoms with Gasteiger partial charge in [0.15, 0.2) is 5.96 Å². The summed E-state index contributed by atoms with van der Waals surface area (Å²) in [4.78, 5) is 4.56. The average molecular weight is 307 g/mol. The molecule has 0 saturated heterocycles. The van der Waals surface area contributed by atoms with Crippen molar-refractivity contribution in [2.75, 3.05) is 20.2 Å². The Morgan fingerprint density at radius 2 is 2.14 bits per heavy atom. The van der Waals surface area contributed by atoms with Crippen LogP contribution < -0.4 is 10.6 Å². The fraction of sp³-hybridized carbons (Fsp3) is 0.588. The number of ether oxygens (including phenoxy) is 1. The lowest BCUT2D eigenvalue weighted by molar-refractivity contribution is 0.0310. The minimum absolute atomic E-state index is 0.126. The van der Waals surface area contributed by atoms with Gasteiger partial charge in [0.05, 0.1) is 12.1 Å². The van der Waals surface area contributed by atoms with Crippen molar-refractivity contribution in [3.63, 3.8) is 0 Å². The predicted molar refractivity (Wildman–Crippen MR) is 87.7 cm³/mol. The van der Waals surface area contributed by atoms with Crippen LogP contribution in [0.15, 0.2) is 29.3 Å². The summed E-state index contributed by atoms with van der Waals surface area (Å²) >= 11 is 0. The molecule has 0 spiro atoms. The van der Waals surface area contributed by atoms with Crippen molar-refractivity contribution in [2.45, 2.75) is 44.8 Å². The topological polar surface area (TPSA) is 45.7 Å². The molecule has 0 amide bonds. The first-order valence-electron chi connectivity index (χ1n) is 7.81. The third-order valence-electron chi connectivity index (χ3n) is 3.93. The number of guanidine groups is 1. The zero-order valence-electron chi connectivity index (χ0n) is 13.8. The molecule has 5 heteroatoms. The lowest BCUT2D eigenvalue weighted by Gasteiger charge is -2.21. The molecule has 122 valence electrons. The van der Waals surface area contributed by atoms with Crippen molar-refractivity contribution in [3.8, 4) is 0 Å². The van der Waals surface area contributed by atoms with Crippen molar-refractivity contribution in [1.29, 1.82) is 0 Å². The zero-order valence-corrected chi connectivity index (χ0v) is 13.8. The van der Waals surface area contributed by atoms with Crippen molar-refractivity contribution < 1.29 is 9.13 Å². The smallest absolute Gasteiger partial charge is 0.191 e. The van der Waals surface area contributed by atoms with E-state index in [4.69, 9.17) is 4.74 Å². The average Bonchev–Trinajstić information content (AvgIpc) is 3.25. The van der Waals surface area contributed by atoms with E-state index in [1.807, 2.05) is 32.9 Å². The SMILES string of the molecule is CCNC(=NCC(C)(C)OC)NC1CC1c1ccccc1F. The second kappa shape index (κ2) is 7.09. The largest absolute Gasteiger partial charge is 0.377 e. The van der Waals surface area contributed by atoms with Crippen molar-refractivity contribution in [2.24, 2.45) is 4.99 Å². The lowest BCUT2D eigenvalue weighted by atomic mass is 10.1. The fourth-order valence-corrected chi connectivity index (χ4v) is 2.30. The van der Waals surface area contributed by atoms with Crippen LogP contribution in [0.4, 0.5) is 4.39 Å². The number of methoxy groups -OCH3 is 1. The standard InChI is InChI=1S/C17H26FN3O/c1-5-19-16(20-11-17(2,3)22-4)21-15-10-13(15)12-8-6-7-9-14(12)18/h6-9,13,15H,5,10-11H2,1-4H3,(H2,19,20,21). The second-order valence-corrected chi connectivity index (χ2v) is 6.27.